The average Bonchev–Trinajstić information content (AvgIpc) is 3.11. The van der Waals surface area contributed by atoms with Gasteiger partial charge in [0.1, 0.15) is 5.52 Å². The first-order chi connectivity index (χ1) is 12.3. The zero-order valence-electron chi connectivity index (χ0n) is 13.8. The van der Waals surface area contributed by atoms with E-state index in [1.54, 1.807) is 0 Å². The van der Waals surface area contributed by atoms with E-state index in [4.69, 9.17) is 9.40 Å². The molecule has 2 heteroatoms. The molecule has 3 aromatic carbocycles. The molecule has 0 spiro atoms. The first kappa shape index (κ1) is 15.2. The van der Waals surface area contributed by atoms with Crippen LogP contribution in [0.15, 0.2) is 84.3 Å². The van der Waals surface area contributed by atoms with Gasteiger partial charge in [0.15, 0.2) is 5.58 Å². The van der Waals surface area contributed by atoms with Gasteiger partial charge in [-0.2, -0.15) is 0 Å². The molecule has 1 heterocycles. The van der Waals surface area contributed by atoms with Gasteiger partial charge in [0, 0.05) is 0 Å². The van der Waals surface area contributed by atoms with E-state index in [0.717, 1.165) is 38.9 Å². The SMILES string of the molecule is C=Cc1ccc(-c2ccccc2)c(-c2nc3ccccc3o2)c1C=C. The molecule has 0 fully saturated rings. The van der Waals surface area contributed by atoms with Gasteiger partial charge in [-0.25, -0.2) is 4.98 Å². The highest BCUT2D eigenvalue weighted by molar-refractivity contribution is 5.91. The van der Waals surface area contributed by atoms with E-state index in [1.165, 1.54) is 0 Å². The van der Waals surface area contributed by atoms with Crippen LogP contribution in [0.1, 0.15) is 11.1 Å². The van der Waals surface area contributed by atoms with Crippen molar-refractivity contribution in [2.75, 3.05) is 0 Å². The molecular weight excluding hydrogens is 306 g/mol. The summed E-state index contributed by atoms with van der Waals surface area (Å²) in [5.41, 5.74) is 6.71. The fourth-order valence-corrected chi connectivity index (χ4v) is 3.10. The third kappa shape index (κ3) is 2.58. The van der Waals surface area contributed by atoms with Crippen molar-refractivity contribution < 1.29 is 4.42 Å². The van der Waals surface area contributed by atoms with Crippen LogP contribution in [0.5, 0.6) is 0 Å². The van der Waals surface area contributed by atoms with E-state index in [1.807, 2.05) is 54.6 Å². The number of oxazole rings is 1. The fraction of sp³-hybridized carbons (Fsp3) is 0. The van der Waals surface area contributed by atoms with Crippen LogP contribution in [0.25, 0.3) is 45.8 Å². The Morgan fingerprint density at radius 1 is 0.800 bits per heavy atom. The van der Waals surface area contributed by atoms with Crippen molar-refractivity contribution in [3.8, 4) is 22.6 Å². The third-order valence-electron chi connectivity index (χ3n) is 4.30. The predicted molar refractivity (Wildman–Crippen MR) is 105 cm³/mol. The van der Waals surface area contributed by atoms with Gasteiger partial charge in [0.2, 0.25) is 5.89 Å². The summed E-state index contributed by atoms with van der Waals surface area (Å²) >= 11 is 0. The molecule has 0 radical (unpaired) electrons. The Morgan fingerprint density at radius 3 is 2.28 bits per heavy atom. The number of nitrogens with zero attached hydrogens (tertiary/aromatic N) is 1. The quantitative estimate of drug-likeness (QED) is 0.431. The predicted octanol–water partition coefficient (Wildman–Crippen LogP) is 6.45. The molecule has 0 saturated heterocycles. The Bertz CT molecular complexity index is 1040. The topological polar surface area (TPSA) is 26.0 Å². The second kappa shape index (κ2) is 6.25. The van der Waals surface area contributed by atoms with Crippen molar-refractivity contribution in [2.24, 2.45) is 0 Å². The highest BCUT2D eigenvalue weighted by atomic mass is 16.3. The van der Waals surface area contributed by atoms with Crippen LogP contribution in [0, 0.1) is 0 Å². The summed E-state index contributed by atoms with van der Waals surface area (Å²) in [5.74, 6) is 0.596. The van der Waals surface area contributed by atoms with Gasteiger partial charge >= 0.3 is 0 Å². The molecule has 2 nitrogen and oxygen atoms in total. The Morgan fingerprint density at radius 2 is 1.56 bits per heavy atom. The van der Waals surface area contributed by atoms with Gasteiger partial charge in [-0.1, -0.05) is 79.9 Å². The number of rotatable bonds is 4. The summed E-state index contributed by atoms with van der Waals surface area (Å²) < 4.78 is 6.07. The maximum Gasteiger partial charge on any atom is 0.228 e. The van der Waals surface area contributed by atoms with Crippen molar-refractivity contribution in [2.45, 2.75) is 0 Å². The Labute approximate surface area is 146 Å². The zero-order valence-corrected chi connectivity index (χ0v) is 13.8. The average molecular weight is 323 g/mol. The second-order valence-electron chi connectivity index (χ2n) is 5.75. The first-order valence-corrected chi connectivity index (χ1v) is 8.15. The molecule has 0 unspecified atom stereocenters. The molecule has 1 aromatic heterocycles. The Balaban J connectivity index is 2.07. The Kier molecular flexibility index (Phi) is 3.79. The van der Waals surface area contributed by atoms with E-state index in [0.29, 0.717) is 5.89 Å². The molecule has 0 aliphatic carbocycles. The van der Waals surface area contributed by atoms with E-state index < -0.39 is 0 Å². The summed E-state index contributed by atoms with van der Waals surface area (Å²) in [4.78, 5) is 4.70. The van der Waals surface area contributed by atoms with E-state index in [2.05, 4.69) is 37.4 Å². The fourth-order valence-electron chi connectivity index (χ4n) is 3.10. The number of hydrogen-bond donors (Lipinski definition) is 0. The third-order valence-corrected chi connectivity index (χ3v) is 4.30. The molecule has 120 valence electrons. The van der Waals surface area contributed by atoms with Gasteiger partial charge in [-0.15, -0.1) is 0 Å². The highest BCUT2D eigenvalue weighted by Crippen LogP contribution is 2.38. The summed E-state index contributed by atoms with van der Waals surface area (Å²) in [5, 5.41) is 0. The van der Waals surface area contributed by atoms with E-state index >= 15 is 0 Å². The van der Waals surface area contributed by atoms with Crippen molar-refractivity contribution in [1.29, 1.82) is 0 Å². The smallest absolute Gasteiger partial charge is 0.228 e. The molecule has 0 aliphatic heterocycles. The van der Waals surface area contributed by atoms with Crippen LogP contribution >= 0.6 is 0 Å². The van der Waals surface area contributed by atoms with Crippen molar-refractivity contribution >= 4 is 23.3 Å². The number of benzene rings is 3. The number of hydrogen-bond acceptors (Lipinski definition) is 2. The molecule has 0 saturated carbocycles. The number of aromatic nitrogens is 1. The van der Waals surface area contributed by atoms with Crippen LogP contribution in [0.4, 0.5) is 0 Å². The lowest BCUT2D eigenvalue weighted by Gasteiger charge is -2.13. The van der Waals surface area contributed by atoms with Crippen LogP contribution in [0.3, 0.4) is 0 Å². The largest absolute Gasteiger partial charge is 0.436 e. The number of para-hydroxylation sites is 2. The van der Waals surface area contributed by atoms with Crippen LogP contribution in [0.2, 0.25) is 0 Å². The van der Waals surface area contributed by atoms with Crippen molar-refractivity contribution in [3.63, 3.8) is 0 Å². The molecular formula is C23H17NO. The van der Waals surface area contributed by atoms with E-state index in [9.17, 15) is 0 Å². The zero-order chi connectivity index (χ0) is 17.2. The minimum absolute atomic E-state index is 0.596. The lowest BCUT2D eigenvalue weighted by molar-refractivity contribution is 0.620. The molecule has 0 N–H and O–H groups in total. The Hall–Kier alpha value is -3.39. The second-order valence-corrected chi connectivity index (χ2v) is 5.75. The van der Waals surface area contributed by atoms with Gasteiger partial charge in [0.05, 0.1) is 5.56 Å². The van der Waals surface area contributed by atoms with Crippen molar-refractivity contribution in [3.05, 3.63) is 91.0 Å². The van der Waals surface area contributed by atoms with Crippen LogP contribution < -0.4 is 0 Å². The van der Waals surface area contributed by atoms with Crippen LogP contribution in [-0.2, 0) is 0 Å². The maximum atomic E-state index is 6.07. The van der Waals surface area contributed by atoms with Gasteiger partial charge in [-0.05, 0) is 34.4 Å². The van der Waals surface area contributed by atoms with Crippen molar-refractivity contribution in [1.82, 2.24) is 4.98 Å². The highest BCUT2D eigenvalue weighted by Gasteiger charge is 2.18. The van der Waals surface area contributed by atoms with Gasteiger partial charge in [-0.3, -0.25) is 0 Å². The maximum absolute atomic E-state index is 6.07. The molecule has 0 atom stereocenters. The molecule has 0 amide bonds. The molecule has 4 aromatic rings. The monoisotopic (exact) mass is 323 g/mol. The first-order valence-electron chi connectivity index (χ1n) is 8.15. The molecule has 0 aliphatic rings. The standard InChI is InChI=1S/C23H17NO/c1-3-16-14-15-19(17-10-6-5-7-11-17)22(18(16)4-2)23-24-20-12-8-9-13-21(20)25-23/h3-15H,1-2H2. The minimum Gasteiger partial charge on any atom is -0.436 e. The normalized spacial score (nSPS) is 10.7. The summed E-state index contributed by atoms with van der Waals surface area (Å²) in [7, 11) is 0. The number of fused-ring (bicyclic) bond motifs is 1. The minimum atomic E-state index is 0.596. The van der Waals surface area contributed by atoms with E-state index in [-0.39, 0.29) is 0 Å². The molecule has 25 heavy (non-hydrogen) atoms. The molecule has 4 rings (SSSR count). The van der Waals surface area contributed by atoms with Crippen LogP contribution in [-0.4, -0.2) is 4.98 Å². The summed E-state index contributed by atoms with van der Waals surface area (Å²) in [6.07, 6.45) is 3.67. The van der Waals surface area contributed by atoms with Gasteiger partial charge in [0.25, 0.3) is 0 Å². The van der Waals surface area contributed by atoms with Gasteiger partial charge < -0.3 is 4.42 Å². The lowest BCUT2D eigenvalue weighted by atomic mass is 9.91. The lowest BCUT2D eigenvalue weighted by Crippen LogP contribution is -1.92. The summed E-state index contributed by atoms with van der Waals surface area (Å²) in [6.45, 7) is 7.92. The molecule has 0 bridgehead atoms. The summed E-state index contributed by atoms with van der Waals surface area (Å²) in [6, 6.07) is 22.2.